The van der Waals surface area contributed by atoms with E-state index in [2.05, 4.69) is 0 Å². The topological polar surface area (TPSA) is 74.6 Å². The first-order valence-corrected chi connectivity index (χ1v) is 5.32. The first kappa shape index (κ1) is 10.5. The highest BCUT2D eigenvalue weighted by molar-refractivity contribution is 6.00. The molecule has 0 spiro atoms. The van der Waals surface area contributed by atoms with Gasteiger partial charge in [-0.15, -0.1) is 0 Å². The lowest BCUT2D eigenvalue weighted by molar-refractivity contribution is -0.180. The first-order chi connectivity index (χ1) is 6.85. The molecule has 0 aliphatic heterocycles. The number of hydrogen-bond donors (Lipinski definition) is 2. The van der Waals surface area contributed by atoms with Gasteiger partial charge in [-0.2, -0.15) is 0 Å². The zero-order valence-electron chi connectivity index (χ0n) is 8.99. The van der Waals surface area contributed by atoms with Crippen molar-refractivity contribution < 1.29 is 19.8 Å². The molecule has 0 heterocycles. The van der Waals surface area contributed by atoms with Crippen molar-refractivity contribution in [1.82, 2.24) is 0 Å². The van der Waals surface area contributed by atoms with Crippen molar-refractivity contribution in [2.45, 2.75) is 33.1 Å². The third kappa shape index (κ3) is 0.924. The van der Waals surface area contributed by atoms with Gasteiger partial charge in [0.25, 0.3) is 0 Å². The molecule has 0 aromatic carbocycles. The van der Waals surface area contributed by atoms with Crippen LogP contribution in [0.2, 0.25) is 0 Å². The molecule has 4 nitrogen and oxygen atoms in total. The minimum absolute atomic E-state index is 0.188. The Morgan fingerprint density at radius 2 is 1.53 bits per heavy atom. The summed E-state index contributed by atoms with van der Waals surface area (Å²) in [6, 6.07) is 0. The Morgan fingerprint density at radius 3 is 1.80 bits per heavy atom. The van der Waals surface area contributed by atoms with E-state index in [1.807, 2.05) is 0 Å². The normalized spacial score (nSPS) is 35.3. The SMILES string of the molecule is CC1(C)C2CCC(C2)C1(C(=O)O)C(=O)O. The van der Waals surface area contributed by atoms with Gasteiger partial charge in [-0.05, 0) is 36.5 Å². The highest BCUT2D eigenvalue weighted by Crippen LogP contribution is 2.66. The van der Waals surface area contributed by atoms with Gasteiger partial charge in [0, 0.05) is 0 Å². The summed E-state index contributed by atoms with van der Waals surface area (Å²) < 4.78 is 0. The Labute approximate surface area is 88.3 Å². The van der Waals surface area contributed by atoms with Crippen LogP contribution < -0.4 is 0 Å². The number of carbonyl (C=O) groups is 2. The van der Waals surface area contributed by atoms with Crippen LogP contribution in [0.5, 0.6) is 0 Å². The molecule has 2 N–H and O–H groups in total. The number of aliphatic carboxylic acids is 2. The molecule has 2 unspecified atom stereocenters. The van der Waals surface area contributed by atoms with E-state index in [0.717, 1.165) is 19.3 Å². The van der Waals surface area contributed by atoms with Crippen molar-refractivity contribution in [3.05, 3.63) is 0 Å². The van der Waals surface area contributed by atoms with Crippen LogP contribution in [0.4, 0.5) is 0 Å². The van der Waals surface area contributed by atoms with Crippen LogP contribution in [-0.4, -0.2) is 22.2 Å². The van der Waals surface area contributed by atoms with Crippen molar-refractivity contribution in [3.8, 4) is 0 Å². The molecule has 4 heteroatoms. The lowest BCUT2D eigenvalue weighted by atomic mass is 9.57. The average Bonchev–Trinajstić information content (AvgIpc) is 2.58. The van der Waals surface area contributed by atoms with Crippen molar-refractivity contribution in [2.75, 3.05) is 0 Å². The lowest BCUT2D eigenvalue weighted by Gasteiger charge is -2.43. The van der Waals surface area contributed by atoms with Crippen LogP contribution in [-0.2, 0) is 9.59 Å². The third-order valence-electron chi connectivity index (χ3n) is 4.76. The van der Waals surface area contributed by atoms with Gasteiger partial charge in [-0.25, -0.2) is 0 Å². The Balaban J connectivity index is 2.57. The fraction of sp³-hybridized carbons (Fsp3) is 0.818. The summed E-state index contributed by atoms with van der Waals surface area (Å²) in [5.74, 6) is -2.26. The molecular weight excluding hydrogens is 196 g/mol. The first-order valence-electron chi connectivity index (χ1n) is 5.32. The quantitative estimate of drug-likeness (QED) is 0.682. The molecule has 0 amide bonds. The molecule has 0 aromatic rings. The molecular formula is C11H16O4. The summed E-state index contributed by atoms with van der Waals surface area (Å²) in [4.78, 5) is 22.8. The zero-order valence-corrected chi connectivity index (χ0v) is 8.99. The van der Waals surface area contributed by atoms with E-state index in [9.17, 15) is 19.8 Å². The molecule has 2 bridgehead atoms. The molecule has 2 rings (SSSR count). The molecule has 2 saturated carbocycles. The maximum Gasteiger partial charge on any atom is 0.321 e. The summed E-state index contributed by atoms with van der Waals surface area (Å²) in [6.07, 6.45) is 2.47. The van der Waals surface area contributed by atoms with Gasteiger partial charge in [0.15, 0.2) is 5.41 Å². The van der Waals surface area contributed by atoms with Crippen LogP contribution in [0.15, 0.2) is 0 Å². The molecule has 0 radical (unpaired) electrons. The summed E-state index contributed by atoms with van der Waals surface area (Å²) in [5, 5.41) is 18.6. The van der Waals surface area contributed by atoms with E-state index in [4.69, 9.17) is 0 Å². The number of hydrogen-bond acceptors (Lipinski definition) is 2. The average molecular weight is 212 g/mol. The van der Waals surface area contributed by atoms with Crippen molar-refractivity contribution in [2.24, 2.45) is 22.7 Å². The van der Waals surface area contributed by atoms with E-state index >= 15 is 0 Å². The summed E-state index contributed by atoms with van der Waals surface area (Å²) in [6.45, 7) is 3.58. The predicted octanol–water partition coefficient (Wildman–Crippen LogP) is 1.60. The molecule has 0 saturated heterocycles. The van der Waals surface area contributed by atoms with Gasteiger partial charge in [0.1, 0.15) is 0 Å². The van der Waals surface area contributed by atoms with Gasteiger partial charge in [0.05, 0.1) is 0 Å². The smallest absolute Gasteiger partial charge is 0.321 e. The summed E-state index contributed by atoms with van der Waals surface area (Å²) in [5.41, 5.74) is -2.19. The fourth-order valence-electron chi connectivity index (χ4n) is 3.87. The zero-order chi connectivity index (χ0) is 11.4. The maximum absolute atomic E-state index is 11.4. The van der Waals surface area contributed by atoms with Crippen LogP contribution in [0.3, 0.4) is 0 Å². The fourth-order valence-corrected chi connectivity index (χ4v) is 3.87. The second kappa shape index (κ2) is 2.74. The van der Waals surface area contributed by atoms with Gasteiger partial charge >= 0.3 is 11.9 Å². The Kier molecular flexibility index (Phi) is 1.91. The summed E-state index contributed by atoms with van der Waals surface area (Å²) in [7, 11) is 0. The van der Waals surface area contributed by atoms with E-state index in [0.29, 0.717) is 0 Å². The highest BCUT2D eigenvalue weighted by atomic mass is 16.4. The van der Waals surface area contributed by atoms with Crippen LogP contribution >= 0.6 is 0 Å². The van der Waals surface area contributed by atoms with Gasteiger partial charge in [-0.3, -0.25) is 9.59 Å². The van der Waals surface area contributed by atoms with Gasteiger partial charge in [-0.1, -0.05) is 13.8 Å². The minimum atomic E-state index is -1.56. The Morgan fingerprint density at radius 1 is 1.07 bits per heavy atom. The minimum Gasteiger partial charge on any atom is -0.480 e. The van der Waals surface area contributed by atoms with Crippen LogP contribution in [0.1, 0.15) is 33.1 Å². The Hall–Kier alpha value is -1.06. The third-order valence-corrected chi connectivity index (χ3v) is 4.76. The lowest BCUT2D eigenvalue weighted by Crippen LogP contribution is -2.54. The second-order valence-electron chi connectivity index (χ2n) is 5.35. The van der Waals surface area contributed by atoms with Gasteiger partial charge < -0.3 is 10.2 Å². The molecule has 84 valence electrons. The van der Waals surface area contributed by atoms with E-state index in [1.54, 1.807) is 13.8 Å². The Bertz CT molecular complexity index is 317. The van der Waals surface area contributed by atoms with E-state index in [1.165, 1.54) is 0 Å². The molecule has 15 heavy (non-hydrogen) atoms. The van der Waals surface area contributed by atoms with Crippen LogP contribution in [0, 0.1) is 22.7 Å². The van der Waals surface area contributed by atoms with Crippen LogP contribution in [0.25, 0.3) is 0 Å². The van der Waals surface area contributed by atoms with E-state index in [-0.39, 0.29) is 11.8 Å². The molecule has 0 aromatic heterocycles. The van der Waals surface area contributed by atoms with E-state index < -0.39 is 22.8 Å². The number of carboxylic acid groups (broad SMARTS) is 2. The largest absolute Gasteiger partial charge is 0.480 e. The molecule has 2 fully saturated rings. The number of rotatable bonds is 2. The van der Waals surface area contributed by atoms with Crippen molar-refractivity contribution >= 4 is 11.9 Å². The second-order valence-corrected chi connectivity index (χ2v) is 5.35. The monoisotopic (exact) mass is 212 g/mol. The van der Waals surface area contributed by atoms with Crippen molar-refractivity contribution in [3.63, 3.8) is 0 Å². The molecule has 2 aliphatic carbocycles. The standard InChI is InChI=1S/C11H16O4/c1-10(2)6-3-4-7(5-6)11(10,8(12)13)9(14)15/h6-7H,3-5H2,1-2H3,(H,12,13)(H,14,15). The predicted molar refractivity (Wildman–Crippen MR) is 52.3 cm³/mol. The maximum atomic E-state index is 11.4. The van der Waals surface area contributed by atoms with Crippen molar-refractivity contribution in [1.29, 1.82) is 0 Å². The molecule has 2 aliphatic rings. The molecule has 2 atom stereocenters. The number of fused-ring (bicyclic) bond motifs is 2. The number of carboxylic acids is 2. The van der Waals surface area contributed by atoms with Gasteiger partial charge in [0.2, 0.25) is 0 Å². The highest BCUT2D eigenvalue weighted by Gasteiger charge is 2.71. The summed E-state index contributed by atoms with van der Waals surface area (Å²) >= 11 is 0.